The summed E-state index contributed by atoms with van der Waals surface area (Å²) >= 11 is 3.51. The highest BCUT2D eigenvalue weighted by molar-refractivity contribution is 9.10. The number of hydrogen-bond acceptors (Lipinski definition) is 4. The number of fused-ring (bicyclic) bond motifs is 1. The van der Waals surface area contributed by atoms with E-state index in [4.69, 9.17) is 4.74 Å². The van der Waals surface area contributed by atoms with Crippen molar-refractivity contribution < 1.29 is 4.74 Å². The highest BCUT2D eigenvalue weighted by Gasteiger charge is 2.12. The van der Waals surface area contributed by atoms with E-state index >= 15 is 0 Å². The molecule has 0 aliphatic rings. The van der Waals surface area contributed by atoms with Crippen LogP contribution in [0.1, 0.15) is 0 Å². The molecule has 0 atom stereocenters. The molecular weight excluding hydrogens is 332 g/mol. The van der Waals surface area contributed by atoms with Crippen molar-refractivity contribution in [1.29, 1.82) is 0 Å². The summed E-state index contributed by atoms with van der Waals surface area (Å²) in [6.07, 6.45) is 5.46. The van der Waals surface area contributed by atoms with Gasteiger partial charge in [-0.25, -0.2) is 9.97 Å². The molecule has 0 fully saturated rings. The van der Waals surface area contributed by atoms with Gasteiger partial charge in [-0.2, -0.15) is 0 Å². The molecule has 0 amide bonds. The number of pyridine rings is 1. The van der Waals surface area contributed by atoms with Crippen LogP contribution in [0, 0.1) is 0 Å². The van der Waals surface area contributed by atoms with Crippen molar-refractivity contribution in [3.8, 4) is 11.4 Å². The highest BCUT2D eigenvalue weighted by Crippen LogP contribution is 2.33. The number of rotatable bonds is 3. The third-order valence-electron chi connectivity index (χ3n) is 3.29. The van der Waals surface area contributed by atoms with Crippen molar-refractivity contribution in [1.82, 2.24) is 14.5 Å². The third-order valence-corrected chi connectivity index (χ3v) is 3.91. The first-order valence-electron chi connectivity index (χ1n) is 6.44. The van der Waals surface area contributed by atoms with Gasteiger partial charge in [0.05, 0.1) is 29.1 Å². The average Bonchev–Trinajstić information content (AvgIpc) is 2.99. The predicted molar refractivity (Wildman–Crippen MR) is 87.4 cm³/mol. The van der Waals surface area contributed by atoms with E-state index in [0.29, 0.717) is 0 Å². The molecule has 0 radical (unpaired) electrons. The minimum absolute atomic E-state index is 0.781. The summed E-state index contributed by atoms with van der Waals surface area (Å²) in [5.41, 5.74) is 1.92. The minimum atomic E-state index is 0.781. The van der Waals surface area contributed by atoms with Gasteiger partial charge in [-0.3, -0.25) is 0 Å². The number of nitrogens with zero attached hydrogens (tertiary/aromatic N) is 4. The number of hydrogen-bond donors (Lipinski definition) is 0. The molecule has 108 valence electrons. The van der Waals surface area contributed by atoms with Crippen molar-refractivity contribution >= 4 is 32.7 Å². The molecular formula is C15H15BrN4O. The monoisotopic (exact) mass is 346 g/mol. The van der Waals surface area contributed by atoms with Crippen LogP contribution in [0.15, 0.2) is 41.4 Å². The molecule has 2 heterocycles. The van der Waals surface area contributed by atoms with Gasteiger partial charge in [-0.15, -0.1) is 0 Å². The maximum absolute atomic E-state index is 5.39. The van der Waals surface area contributed by atoms with E-state index in [1.165, 1.54) is 0 Å². The zero-order valence-corrected chi connectivity index (χ0v) is 13.6. The number of anilines is 1. The number of methoxy groups -OCH3 is 1. The molecule has 0 N–H and O–H groups in total. The molecule has 0 bridgehead atoms. The fourth-order valence-electron chi connectivity index (χ4n) is 2.20. The normalized spacial score (nSPS) is 10.9. The van der Waals surface area contributed by atoms with Gasteiger partial charge in [-0.05, 0) is 28.1 Å². The van der Waals surface area contributed by atoms with E-state index in [9.17, 15) is 0 Å². The summed E-state index contributed by atoms with van der Waals surface area (Å²) in [6.45, 7) is 0. The summed E-state index contributed by atoms with van der Waals surface area (Å²) in [5, 5.41) is 1.01. The average molecular weight is 347 g/mol. The third kappa shape index (κ3) is 2.47. The Labute approximate surface area is 131 Å². The lowest BCUT2D eigenvalue weighted by Gasteiger charge is -2.16. The maximum Gasteiger partial charge on any atom is 0.133 e. The second-order valence-electron chi connectivity index (χ2n) is 4.87. The zero-order valence-electron chi connectivity index (χ0n) is 12.0. The lowest BCUT2D eigenvalue weighted by Crippen LogP contribution is -2.11. The van der Waals surface area contributed by atoms with E-state index in [0.717, 1.165) is 32.6 Å². The fraction of sp³-hybridized carbons (Fsp3) is 0.200. The maximum atomic E-state index is 5.39. The quantitative estimate of drug-likeness (QED) is 0.730. The number of imidazole rings is 1. The molecule has 3 rings (SSSR count). The van der Waals surface area contributed by atoms with Crippen LogP contribution >= 0.6 is 15.9 Å². The molecule has 0 aliphatic carbocycles. The zero-order chi connectivity index (χ0) is 15.0. The van der Waals surface area contributed by atoms with E-state index in [1.807, 2.05) is 48.0 Å². The molecule has 6 heteroatoms. The number of aromatic nitrogens is 3. The molecule has 2 aromatic heterocycles. The lowest BCUT2D eigenvalue weighted by molar-refractivity contribution is 0.413. The SMILES string of the molecule is COc1cc2c(-n3ccnc3)cc(N(C)C)nc2cc1Br. The topological polar surface area (TPSA) is 43.2 Å². The Morgan fingerprint density at radius 3 is 2.67 bits per heavy atom. The van der Waals surface area contributed by atoms with Crippen LogP contribution in [0.4, 0.5) is 5.82 Å². The van der Waals surface area contributed by atoms with Crippen LogP contribution in [0.2, 0.25) is 0 Å². The standard InChI is InChI=1S/C15H15BrN4O/c1-19(2)15-8-13(20-5-4-17-9-20)10-6-14(21-3)11(16)7-12(10)18-15/h4-9H,1-3H3. The number of ether oxygens (including phenoxy) is 1. The number of halogens is 1. The van der Waals surface area contributed by atoms with E-state index in [2.05, 4.69) is 25.9 Å². The Morgan fingerprint density at radius 1 is 1.24 bits per heavy atom. The van der Waals surface area contributed by atoms with Crippen LogP contribution in [0.3, 0.4) is 0 Å². The Balaban J connectivity index is 2.36. The van der Waals surface area contributed by atoms with E-state index in [1.54, 1.807) is 19.6 Å². The second-order valence-corrected chi connectivity index (χ2v) is 5.72. The molecule has 0 aliphatic heterocycles. The molecule has 0 saturated carbocycles. The van der Waals surface area contributed by atoms with Crippen LogP contribution < -0.4 is 9.64 Å². The van der Waals surface area contributed by atoms with Crippen LogP contribution in [-0.4, -0.2) is 35.7 Å². The molecule has 1 aromatic carbocycles. The second kappa shape index (κ2) is 5.37. The van der Waals surface area contributed by atoms with Gasteiger partial charge in [0.1, 0.15) is 11.6 Å². The van der Waals surface area contributed by atoms with Gasteiger partial charge in [0, 0.05) is 37.9 Å². The van der Waals surface area contributed by atoms with Gasteiger partial charge in [-0.1, -0.05) is 0 Å². The Hall–Kier alpha value is -2.08. The molecule has 0 saturated heterocycles. The van der Waals surface area contributed by atoms with Gasteiger partial charge < -0.3 is 14.2 Å². The molecule has 3 aromatic rings. The van der Waals surface area contributed by atoms with Crippen molar-refractivity contribution in [2.24, 2.45) is 0 Å². The molecule has 21 heavy (non-hydrogen) atoms. The molecule has 5 nitrogen and oxygen atoms in total. The molecule has 0 spiro atoms. The van der Waals surface area contributed by atoms with E-state index in [-0.39, 0.29) is 0 Å². The first-order chi connectivity index (χ1) is 10.1. The fourth-order valence-corrected chi connectivity index (χ4v) is 2.69. The van der Waals surface area contributed by atoms with Gasteiger partial charge in [0.15, 0.2) is 0 Å². The predicted octanol–water partition coefficient (Wildman–Crippen LogP) is 3.26. The highest BCUT2D eigenvalue weighted by atomic mass is 79.9. The Morgan fingerprint density at radius 2 is 2.05 bits per heavy atom. The van der Waals surface area contributed by atoms with Crippen molar-refractivity contribution in [2.75, 3.05) is 26.1 Å². The van der Waals surface area contributed by atoms with Crippen LogP contribution in [0.25, 0.3) is 16.6 Å². The summed E-state index contributed by atoms with van der Waals surface area (Å²) in [7, 11) is 5.61. The van der Waals surface area contributed by atoms with E-state index < -0.39 is 0 Å². The van der Waals surface area contributed by atoms with Crippen molar-refractivity contribution in [2.45, 2.75) is 0 Å². The summed E-state index contributed by atoms with van der Waals surface area (Å²) in [6, 6.07) is 6.00. The summed E-state index contributed by atoms with van der Waals surface area (Å²) < 4.78 is 8.26. The van der Waals surface area contributed by atoms with Gasteiger partial charge in [0.2, 0.25) is 0 Å². The molecule has 0 unspecified atom stereocenters. The smallest absolute Gasteiger partial charge is 0.133 e. The van der Waals surface area contributed by atoms with Gasteiger partial charge >= 0.3 is 0 Å². The minimum Gasteiger partial charge on any atom is -0.496 e. The Bertz CT molecular complexity index is 784. The van der Waals surface area contributed by atoms with Crippen LogP contribution in [-0.2, 0) is 0 Å². The van der Waals surface area contributed by atoms with Crippen molar-refractivity contribution in [3.05, 3.63) is 41.4 Å². The van der Waals surface area contributed by atoms with Crippen LogP contribution in [0.5, 0.6) is 5.75 Å². The lowest BCUT2D eigenvalue weighted by atomic mass is 10.1. The first kappa shape index (κ1) is 13.9. The number of benzene rings is 1. The summed E-state index contributed by atoms with van der Waals surface area (Å²) in [5.74, 6) is 1.67. The van der Waals surface area contributed by atoms with Gasteiger partial charge in [0.25, 0.3) is 0 Å². The summed E-state index contributed by atoms with van der Waals surface area (Å²) in [4.78, 5) is 10.8. The first-order valence-corrected chi connectivity index (χ1v) is 7.23. The largest absolute Gasteiger partial charge is 0.496 e. The Kier molecular flexibility index (Phi) is 3.55. The van der Waals surface area contributed by atoms with Crippen molar-refractivity contribution in [3.63, 3.8) is 0 Å².